The lowest BCUT2D eigenvalue weighted by Gasteiger charge is -2.08. The van der Waals surface area contributed by atoms with Gasteiger partial charge in [-0.3, -0.25) is 4.79 Å². The Hall–Kier alpha value is -1.87. The summed E-state index contributed by atoms with van der Waals surface area (Å²) >= 11 is 0. The van der Waals surface area contributed by atoms with Gasteiger partial charge in [0.15, 0.2) is 6.29 Å². The van der Waals surface area contributed by atoms with E-state index in [1.54, 1.807) is 6.07 Å². The van der Waals surface area contributed by atoms with E-state index >= 15 is 0 Å². The molecular weight excluding hydrogens is 204 g/mol. The first kappa shape index (κ1) is 11.2. The highest BCUT2D eigenvalue weighted by atomic mass is 19.3. The molecule has 1 rings (SSSR count). The molecule has 0 atom stereocenters. The van der Waals surface area contributed by atoms with Crippen LogP contribution in [0.15, 0.2) is 6.07 Å². The first-order valence-corrected chi connectivity index (χ1v) is 4.01. The van der Waals surface area contributed by atoms with E-state index in [0.717, 1.165) is 6.07 Å². The van der Waals surface area contributed by atoms with E-state index in [4.69, 9.17) is 11.0 Å². The number of rotatable bonds is 3. The zero-order valence-electron chi connectivity index (χ0n) is 7.58. The van der Waals surface area contributed by atoms with E-state index < -0.39 is 12.1 Å². The first-order chi connectivity index (χ1) is 7.13. The summed E-state index contributed by atoms with van der Waals surface area (Å²) in [5.74, 6) is 0. The van der Waals surface area contributed by atoms with Crippen molar-refractivity contribution in [3.63, 3.8) is 0 Å². The number of nitrogens with zero attached hydrogens (tertiary/aromatic N) is 2. The highest BCUT2D eigenvalue weighted by molar-refractivity contribution is 5.78. The van der Waals surface area contributed by atoms with Gasteiger partial charge in [0.05, 0.1) is 0 Å². The van der Waals surface area contributed by atoms with E-state index in [9.17, 15) is 13.6 Å². The summed E-state index contributed by atoms with van der Waals surface area (Å²) in [6.45, 7) is -0.216. The lowest BCUT2D eigenvalue weighted by Crippen LogP contribution is -2.09. The standard InChI is InChI=1S/C9H7F2N3O/c10-9(11)8-7(3-13)5(4-15)1-6(2-12)14-8/h1,4,9H,3,13H2. The van der Waals surface area contributed by atoms with Gasteiger partial charge in [0.2, 0.25) is 0 Å². The van der Waals surface area contributed by atoms with E-state index in [1.807, 2.05) is 0 Å². The minimum absolute atomic E-state index is 0.0145. The monoisotopic (exact) mass is 211 g/mol. The second kappa shape index (κ2) is 4.57. The van der Waals surface area contributed by atoms with Crippen LogP contribution in [0.3, 0.4) is 0 Å². The number of nitriles is 1. The van der Waals surface area contributed by atoms with Crippen LogP contribution in [0.2, 0.25) is 0 Å². The topological polar surface area (TPSA) is 79.8 Å². The number of aromatic nitrogens is 1. The molecule has 78 valence electrons. The van der Waals surface area contributed by atoms with Crippen molar-refractivity contribution in [3.05, 3.63) is 28.6 Å². The van der Waals surface area contributed by atoms with E-state index in [1.165, 1.54) is 0 Å². The van der Waals surface area contributed by atoms with Gasteiger partial charge < -0.3 is 5.73 Å². The molecule has 0 unspecified atom stereocenters. The van der Waals surface area contributed by atoms with Gasteiger partial charge >= 0.3 is 0 Å². The molecule has 0 aliphatic heterocycles. The Morgan fingerprint density at radius 3 is 2.73 bits per heavy atom. The number of carbonyl (C=O) groups is 1. The van der Waals surface area contributed by atoms with Gasteiger partial charge in [-0.15, -0.1) is 0 Å². The van der Waals surface area contributed by atoms with Crippen molar-refractivity contribution in [1.29, 1.82) is 5.26 Å². The van der Waals surface area contributed by atoms with Crippen molar-refractivity contribution < 1.29 is 13.6 Å². The zero-order valence-corrected chi connectivity index (χ0v) is 7.58. The highest BCUT2D eigenvalue weighted by Gasteiger charge is 2.18. The van der Waals surface area contributed by atoms with Crippen molar-refractivity contribution in [3.8, 4) is 6.07 Å². The first-order valence-electron chi connectivity index (χ1n) is 4.01. The highest BCUT2D eigenvalue weighted by Crippen LogP contribution is 2.23. The molecule has 6 heteroatoms. The SMILES string of the molecule is N#Cc1cc(C=O)c(CN)c(C(F)F)n1. The third kappa shape index (κ3) is 2.14. The van der Waals surface area contributed by atoms with Gasteiger partial charge in [0.1, 0.15) is 17.5 Å². The predicted molar refractivity (Wildman–Crippen MR) is 47.2 cm³/mol. The molecule has 1 aromatic heterocycles. The van der Waals surface area contributed by atoms with Crippen molar-refractivity contribution in [2.75, 3.05) is 0 Å². The lowest BCUT2D eigenvalue weighted by molar-refractivity contribution is 0.112. The quantitative estimate of drug-likeness (QED) is 0.761. The van der Waals surface area contributed by atoms with Gasteiger partial charge in [-0.1, -0.05) is 0 Å². The Labute approximate surface area is 84.3 Å². The third-order valence-corrected chi connectivity index (χ3v) is 1.84. The lowest BCUT2D eigenvalue weighted by atomic mass is 10.1. The molecule has 0 aromatic carbocycles. The minimum atomic E-state index is -2.85. The summed E-state index contributed by atoms with van der Waals surface area (Å²) < 4.78 is 25.0. The van der Waals surface area contributed by atoms with Gasteiger partial charge in [-0.25, -0.2) is 13.8 Å². The second-order valence-corrected chi connectivity index (χ2v) is 2.69. The van der Waals surface area contributed by atoms with Crippen LogP contribution in [0.25, 0.3) is 0 Å². The van der Waals surface area contributed by atoms with Gasteiger partial charge in [-0.05, 0) is 6.07 Å². The van der Waals surface area contributed by atoms with Crippen molar-refractivity contribution in [2.24, 2.45) is 5.73 Å². The van der Waals surface area contributed by atoms with Crippen LogP contribution < -0.4 is 5.73 Å². The molecule has 4 nitrogen and oxygen atoms in total. The number of nitrogens with two attached hydrogens (primary N) is 1. The molecule has 1 aromatic rings. The number of aldehydes is 1. The third-order valence-electron chi connectivity index (χ3n) is 1.84. The van der Waals surface area contributed by atoms with Crippen LogP contribution in [0.4, 0.5) is 8.78 Å². The van der Waals surface area contributed by atoms with Crippen molar-refractivity contribution >= 4 is 6.29 Å². The summed E-state index contributed by atoms with van der Waals surface area (Å²) in [5, 5.41) is 8.52. The smallest absolute Gasteiger partial charge is 0.280 e. The van der Waals surface area contributed by atoms with Crippen LogP contribution in [-0.2, 0) is 6.54 Å². The Morgan fingerprint density at radius 1 is 1.67 bits per heavy atom. The molecule has 0 bridgehead atoms. The maximum Gasteiger partial charge on any atom is 0.280 e. The number of alkyl halides is 2. The molecule has 0 saturated carbocycles. The number of carbonyl (C=O) groups excluding carboxylic acids is 1. The molecule has 0 amide bonds. The summed E-state index contributed by atoms with van der Waals surface area (Å²) in [5.41, 5.74) is 4.40. The molecular formula is C9H7F2N3O. The molecule has 1 heterocycles. The second-order valence-electron chi connectivity index (χ2n) is 2.69. The number of hydrogen-bond acceptors (Lipinski definition) is 4. The van der Waals surface area contributed by atoms with Crippen LogP contribution >= 0.6 is 0 Å². The fourth-order valence-electron chi connectivity index (χ4n) is 1.18. The molecule has 0 spiro atoms. The fraction of sp³-hybridized carbons (Fsp3) is 0.222. The Balaban J connectivity index is 3.47. The molecule has 2 N–H and O–H groups in total. The number of pyridine rings is 1. The Kier molecular flexibility index (Phi) is 3.42. The van der Waals surface area contributed by atoms with Crippen LogP contribution in [0.1, 0.15) is 33.7 Å². The fourth-order valence-corrected chi connectivity index (χ4v) is 1.18. The van der Waals surface area contributed by atoms with E-state index in [2.05, 4.69) is 4.98 Å². The Bertz CT molecular complexity index is 426. The van der Waals surface area contributed by atoms with Crippen LogP contribution in [0, 0.1) is 11.3 Å². The maximum atomic E-state index is 12.5. The summed E-state index contributed by atoms with van der Waals surface area (Å²) in [6.07, 6.45) is -2.47. The summed E-state index contributed by atoms with van der Waals surface area (Å²) in [4.78, 5) is 14.0. The van der Waals surface area contributed by atoms with Gasteiger partial charge in [0.25, 0.3) is 6.43 Å². The van der Waals surface area contributed by atoms with Crippen LogP contribution in [-0.4, -0.2) is 11.3 Å². The maximum absolute atomic E-state index is 12.5. The van der Waals surface area contributed by atoms with Gasteiger partial charge in [0, 0.05) is 17.7 Å². The summed E-state index contributed by atoms with van der Waals surface area (Å²) in [6, 6.07) is 2.74. The predicted octanol–water partition coefficient (Wildman–Crippen LogP) is 1.16. The molecule has 0 saturated heterocycles. The van der Waals surface area contributed by atoms with E-state index in [-0.39, 0.29) is 23.4 Å². The average Bonchev–Trinajstić information content (AvgIpc) is 2.26. The van der Waals surface area contributed by atoms with E-state index in [0.29, 0.717) is 6.29 Å². The normalized spacial score (nSPS) is 10.1. The largest absolute Gasteiger partial charge is 0.326 e. The molecule has 0 aliphatic carbocycles. The zero-order chi connectivity index (χ0) is 11.4. The average molecular weight is 211 g/mol. The molecule has 0 aliphatic rings. The van der Waals surface area contributed by atoms with Gasteiger partial charge in [-0.2, -0.15) is 5.26 Å². The van der Waals surface area contributed by atoms with Crippen molar-refractivity contribution in [1.82, 2.24) is 4.98 Å². The number of halogens is 2. The minimum Gasteiger partial charge on any atom is -0.326 e. The Morgan fingerprint density at radius 2 is 2.33 bits per heavy atom. The number of hydrogen-bond donors (Lipinski definition) is 1. The van der Waals surface area contributed by atoms with Crippen LogP contribution in [0.5, 0.6) is 0 Å². The van der Waals surface area contributed by atoms with Crippen molar-refractivity contribution in [2.45, 2.75) is 13.0 Å². The molecule has 0 fully saturated rings. The summed E-state index contributed by atoms with van der Waals surface area (Å²) in [7, 11) is 0. The molecule has 0 radical (unpaired) electrons. The molecule has 15 heavy (non-hydrogen) atoms.